The first-order valence-corrected chi connectivity index (χ1v) is 50.8. The van der Waals surface area contributed by atoms with Gasteiger partial charge in [0.1, 0.15) is 33.5 Å². The lowest BCUT2D eigenvalue weighted by Crippen LogP contribution is -2.25. The van der Waals surface area contributed by atoms with E-state index in [9.17, 15) is 0 Å². The molecule has 27 aromatic rings. The Kier molecular flexibility index (Phi) is 18.6. The quantitative estimate of drug-likeness (QED) is 0.135. The van der Waals surface area contributed by atoms with Crippen molar-refractivity contribution in [1.29, 1.82) is 0 Å². The van der Waals surface area contributed by atoms with Crippen molar-refractivity contribution in [1.82, 2.24) is 44.9 Å². The molecule has 12 nitrogen and oxygen atoms in total. The fourth-order valence-corrected chi connectivity index (χ4v) is 25.4. The molecule has 0 N–H and O–H groups in total. The predicted molar refractivity (Wildman–Crippen MR) is 599 cm³/mol. The number of hydrogen-bond acceptors (Lipinski definition) is 12. The second-order valence-electron chi connectivity index (χ2n) is 39.4. The van der Waals surface area contributed by atoms with Crippen LogP contribution in [0.5, 0.6) is 0 Å². The van der Waals surface area contributed by atoms with Gasteiger partial charge in [0.15, 0.2) is 52.4 Å². The van der Waals surface area contributed by atoms with Gasteiger partial charge in [-0.15, -0.1) is 0 Å². The molecule has 6 aliphatic rings. The molecule has 21 aromatic carbocycles. The number of fused-ring (bicyclic) bond motifs is 39. The van der Waals surface area contributed by atoms with E-state index in [0.29, 0.717) is 52.4 Å². The minimum absolute atomic E-state index is 0.413. The highest BCUT2D eigenvalue weighted by molar-refractivity contribution is 6.14. The smallest absolute Gasteiger partial charge is 0.164 e. The van der Waals surface area contributed by atoms with Crippen molar-refractivity contribution in [3.8, 4) is 169 Å². The van der Waals surface area contributed by atoms with Crippen molar-refractivity contribution in [2.45, 2.75) is 16.2 Å². The molecule has 6 aliphatic carbocycles. The average molecular weight is 1910 g/mol. The first-order valence-electron chi connectivity index (χ1n) is 50.8. The summed E-state index contributed by atoms with van der Waals surface area (Å²) in [6, 6.07) is 173. The van der Waals surface area contributed by atoms with Gasteiger partial charge in [-0.3, -0.25) is 0 Å². The molecule has 6 heterocycles. The Morgan fingerprint density at radius 1 is 0.120 bits per heavy atom. The monoisotopic (exact) mass is 1910 g/mol. The standard InChI is InChI=1S/3C46H27N3O/c1-3-14-28(15-4-1)43-47-44(29-16-5-2-6-17-29)49-45(48-43)33-21-13-24-38-42(33)32-20-8-11-23-37(32)46(38)36-22-10-7-18-30(36)34-26-35-31-19-9-12-25-40(31)50-41(35)27-39(34)46;1-3-13-28(14-4-1)43-47-44(29-15-5-2-6-16-29)49-45(48-43)30-23-24-33-31-17-7-10-20-37(31)46(39(33)25-30)38-21-11-8-18-32(38)35-26-36-34-19-9-12-22-41(34)50-42(36)27-40(35)46;1-3-13-28(14-4-1)43-47-44(29-15-5-2-6-16-29)49-45(48-43)30-23-24-41-35(25-30)36-26-34-33-19-9-12-22-39(33)46(40(34)27-42(36)50-41)37-20-10-7-17-31(37)32-18-8-11-21-38(32)46/h3*1-27H. The van der Waals surface area contributed by atoms with E-state index < -0.39 is 16.2 Å². The number of hydrogen-bond donors (Lipinski definition) is 0. The van der Waals surface area contributed by atoms with Crippen LogP contribution < -0.4 is 0 Å². The molecule has 696 valence electrons. The molecule has 6 aromatic heterocycles. The van der Waals surface area contributed by atoms with Crippen LogP contribution >= 0.6 is 0 Å². The van der Waals surface area contributed by atoms with E-state index in [2.05, 4.69) is 315 Å². The summed E-state index contributed by atoms with van der Waals surface area (Å²) in [5.74, 6) is 5.80. The van der Waals surface area contributed by atoms with Crippen LogP contribution in [0.2, 0.25) is 0 Å². The maximum Gasteiger partial charge on any atom is 0.164 e. The fourth-order valence-electron chi connectivity index (χ4n) is 25.4. The Bertz CT molecular complexity index is 9930. The third kappa shape index (κ3) is 12.5. The Labute approximate surface area is 861 Å². The Morgan fingerprint density at radius 3 is 0.707 bits per heavy atom. The largest absolute Gasteiger partial charge is 0.456 e. The van der Waals surface area contributed by atoms with E-state index in [0.717, 1.165) is 121 Å². The molecule has 0 saturated carbocycles. The van der Waals surface area contributed by atoms with E-state index in [1.165, 1.54) is 128 Å². The van der Waals surface area contributed by atoms with Crippen molar-refractivity contribution >= 4 is 65.8 Å². The van der Waals surface area contributed by atoms with Gasteiger partial charge in [0.05, 0.1) is 16.2 Å². The second kappa shape index (κ2) is 33.0. The van der Waals surface area contributed by atoms with Crippen molar-refractivity contribution in [2.75, 3.05) is 0 Å². The highest BCUT2D eigenvalue weighted by atomic mass is 16.3. The van der Waals surface area contributed by atoms with E-state index >= 15 is 0 Å². The van der Waals surface area contributed by atoms with Gasteiger partial charge in [-0.1, -0.05) is 419 Å². The third-order valence-corrected chi connectivity index (χ3v) is 31.6. The van der Waals surface area contributed by atoms with Crippen LogP contribution in [0.25, 0.3) is 235 Å². The average Bonchev–Trinajstić information content (AvgIpc) is 1.51. The SMILES string of the molecule is c1ccc(-c2nc(-c3ccccc3)nc(-c3ccc4c(c3)C3(c5ccccc5-4)c4ccccc4-c4cc5c(cc43)oc3ccccc35)n2)cc1.c1ccc(-c2nc(-c3ccccc3)nc(-c3ccc4oc5cc6c(cc5c4c3)-c3ccccc3C63c4ccccc4-c4ccccc43)n2)cc1.c1ccc(-c2nc(-c3ccccc3)nc(-c3cccc4c3-c3ccccc3C43c4ccccc4-c4cc5c(cc43)oc3ccccc35)n2)cc1. The lowest BCUT2D eigenvalue weighted by molar-refractivity contribution is 0.666. The molecule has 0 fully saturated rings. The maximum atomic E-state index is 6.68. The Hall–Kier alpha value is -20.0. The number of nitrogens with zero attached hydrogens (tertiary/aromatic N) is 9. The van der Waals surface area contributed by atoms with Crippen LogP contribution in [0, 0.1) is 0 Å². The van der Waals surface area contributed by atoms with Gasteiger partial charge in [-0.2, -0.15) is 0 Å². The summed E-state index contributed by atoms with van der Waals surface area (Å²) in [5.41, 5.74) is 42.5. The van der Waals surface area contributed by atoms with Crippen LogP contribution in [0.4, 0.5) is 0 Å². The lowest BCUT2D eigenvalue weighted by atomic mass is 9.70. The van der Waals surface area contributed by atoms with Gasteiger partial charge < -0.3 is 13.3 Å². The van der Waals surface area contributed by atoms with Crippen LogP contribution in [0.15, 0.2) is 505 Å². The maximum absolute atomic E-state index is 6.68. The van der Waals surface area contributed by atoms with Crippen LogP contribution in [0.3, 0.4) is 0 Å². The number of aromatic nitrogens is 9. The number of furan rings is 3. The highest BCUT2D eigenvalue weighted by Crippen LogP contribution is 2.68. The molecule has 0 amide bonds. The van der Waals surface area contributed by atoms with Crippen LogP contribution in [-0.2, 0) is 16.2 Å². The van der Waals surface area contributed by atoms with Crippen molar-refractivity contribution in [3.63, 3.8) is 0 Å². The van der Waals surface area contributed by atoms with Gasteiger partial charge in [0.25, 0.3) is 0 Å². The van der Waals surface area contributed by atoms with E-state index in [4.69, 9.17) is 58.1 Å². The summed E-state index contributed by atoms with van der Waals surface area (Å²) < 4.78 is 19.7. The molecule has 150 heavy (non-hydrogen) atoms. The molecule has 2 unspecified atom stereocenters. The zero-order valence-corrected chi connectivity index (χ0v) is 80.5. The zero-order chi connectivity index (χ0) is 98.4. The molecular weight excluding hydrogens is 1830 g/mol. The Morgan fingerprint density at radius 2 is 0.347 bits per heavy atom. The number of para-hydroxylation sites is 2. The van der Waals surface area contributed by atoms with Crippen LogP contribution in [-0.4, -0.2) is 44.9 Å². The first kappa shape index (κ1) is 84.6. The molecule has 12 heteroatoms. The summed E-state index contributed by atoms with van der Waals surface area (Å²) in [5, 5.41) is 6.66. The summed E-state index contributed by atoms with van der Waals surface area (Å²) in [7, 11) is 0. The predicted octanol–water partition coefficient (Wildman–Crippen LogP) is 33.3. The van der Waals surface area contributed by atoms with Crippen LogP contribution in [0.1, 0.15) is 66.8 Å². The molecule has 0 radical (unpaired) electrons. The van der Waals surface area contributed by atoms with Gasteiger partial charge in [-0.05, 0) is 206 Å². The van der Waals surface area contributed by atoms with Gasteiger partial charge >= 0.3 is 0 Å². The van der Waals surface area contributed by atoms with Gasteiger partial charge in [-0.25, -0.2) is 44.9 Å². The minimum Gasteiger partial charge on any atom is -0.456 e. The first-order chi connectivity index (χ1) is 74.3. The second-order valence-corrected chi connectivity index (χ2v) is 39.4. The molecule has 2 atom stereocenters. The molecule has 0 bridgehead atoms. The topological polar surface area (TPSA) is 155 Å². The van der Waals surface area contributed by atoms with E-state index in [1.807, 2.05) is 176 Å². The highest BCUT2D eigenvalue weighted by Gasteiger charge is 2.56. The minimum atomic E-state index is -0.543. The number of rotatable bonds is 9. The van der Waals surface area contributed by atoms with E-state index in [1.54, 1.807) is 0 Å². The van der Waals surface area contributed by atoms with Gasteiger partial charge in [0.2, 0.25) is 0 Å². The Balaban J connectivity index is 0.000000101. The summed E-state index contributed by atoms with van der Waals surface area (Å²) >= 11 is 0. The normalized spacial score (nSPS) is 14.6. The third-order valence-electron chi connectivity index (χ3n) is 31.6. The van der Waals surface area contributed by atoms with Crippen molar-refractivity contribution in [3.05, 3.63) is 558 Å². The molecule has 3 spiro atoms. The summed E-state index contributed by atoms with van der Waals surface area (Å²) in [4.78, 5) is 45.4. The number of benzene rings is 21. The van der Waals surface area contributed by atoms with E-state index in [-0.39, 0.29) is 0 Å². The summed E-state index contributed by atoms with van der Waals surface area (Å²) in [6.45, 7) is 0. The zero-order valence-electron chi connectivity index (χ0n) is 80.5. The summed E-state index contributed by atoms with van der Waals surface area (Å²) in [6.07, 6.45) is 0. The molecule has 0 aliphatic heterocycles. The molecule has 33 rings (SSSR count). The van der Waals surface area contributed by atoms with Gasteiger partial charge in [0, 0.05) is 82.4 Å². The lowest BCUT2D eigenvalue weighted by Gasteiger charge is -2.30. The molecular formula is C138H81N9O3. The molecule has 0 saturated heterocycles. The fraction of sp³-hybridized carbons (Fsp3) is 0.0217. The van der Waals surface area contributed by atoms with Crippen molar-refractivity contribution in [2.24, 2.45) is 0 Å². The van der Waals surface area contributed by atoms with Crippen molar-refractivity contribution < 1.29 is 13.3 Å².